The number of hydrogen-bond donors (Lipinski definition) is 0. The zero-order chi connectivity index (χ0) is 11.6. The van der Waals surface area contributed by atoms with Crippen LogP contribution in [0.5, 0.6) is 0 Å². The average molecular weight is 200 g/mol. The van der Waals surface area contributed by atoms with Gasteiger partial charge in [-0.15, -0.1) is 0 Å². The molecule has 0 aromatic carbocycles. The largest absolute Gasteiger partial charge is 0.300 e. The van der Waals surface area contributed by atoms with Gasteiger partial charge >= 0.3 is 0 Å². The van der Waals surface area contributed by atoms with E-state index < -0.39 is 0 Å². The zero-order valence-electron chi connectivity index (χ0n) is 11.3. The van der Waals surface area contributed by atoms with Gasteiger partial charge in [-0.25, -0.2) is 0 Å². The highest BCUT2D eigenvalue weighted by Gasteiger charge is 2.41. The average Bonchev–Trinajstić information content (AvgIpc) is 2.14. The van der Waals surface area contributed by atoms with Gasteiger partial charge in [-0.3, -0.25) is 9.80 Å². The second kappa shape index (κ2) is 4.63. The van der Waals surface area contributed by atoms with E-state index in [9.17, 15) is 0 Å². The van der Waals surface area contributed by atoms with E-state index in [4.69, 9.17) is 0 Å². The Kier molecular flexibility index (Phi) is 4.60. The maximum absolute atomic E-state index is 2.42. The minimum Gasteiger partial charge on any atom is -0.300 e. The van der Waals surface area contributed by atoms with E-state index in [0.717, 1.165) is 13.1 Å². The molecule has 86 valence electrons. The summed E-state index contributed by atoms with van der Waals surface area (Å²) in [4.78, 5) is 4.83. The third kappa shape index (κ3) is 2.29. The van der Waals surface area contributed by atoms with Crippen molar-refractivity contribution in [3.05, 3.63) is 0 Å². The molecular formula is C12H28N2. The van der Waals surface area contributed by atoms with Gasteiger partial charge in [0.05, 0.1) is 0 Å². The molecule has 0 aliphatic heterocycles. The molecule has 0 saturated heterocycles. The van der Waals surface area contributed by atoms with Crippen LogP contribution in [0.15, 0.2) is 0 Å². The van der Waals surface area contributed by atoms with Gasteiger partial charge in [0.25, 0.3) is 0 Å². The summed E-state index contributed by atoms with van der Waals surface area (Å²) >= 11 is 0. The van der Waals surface area contributed by atoms with E-state index in [-0.39, 0.29) is 11.1 Å². The molecule has 0 rings (SSSR count). The van der Waals surface area contributed by atoms with Crippen molar-refractivity contribution in [2.24, 2.45) is 0 Å². The van der Waals surface area contributed by atoms with Gasteiger partial charge in [-0.2, -0.15) is 0 Å². The first-order valence-corrected chi connectivity index (χ1v) is 5.64. The van der Waals surface area contributed by atoms with Crippen LogP contribution in [0.2, 0.25) is 0 Å². The van der Waals surface area contributed by atoms with Crippen LogP contribution in [0.1, 0.15) is 41.5 Å². The van der Waals surface area contributed by atoms with Crippen LogP contribution in [0.4, 0.5) is 0 Å². The predicted octanol–water partition coefficient (Wildman–Crippen LogP) is 2.45. The molecule has 0 N–H and O–H groups in total. The lowest BCUT2D eigenvalue weighted by molar-refractivity contribution is -0.00640. The molecule has 2 nitrogen and oxygen atoms in total. The highest BCUT2D eigenvalue weighted by Crippen LogP contribution is 2.31. The topological polar surface area (TPSA) is 6.48 Å². The van der Waals surface area contributed by atoms with Gasteiger partial charge in [0, 0.05) is 11.1 Å². The van der Waals surface area contributed by atoms with Crippen molar-refractivity contribution in [3.63, 3.8) is 0 Å². The highest BCUT2D eigenvalue weighted by atomic mass is 15.3. The smallest absolute Gasteiger partial charge is 0.0328 e. The molecule has 0 aromatic rings. The summed E-state index contributed by atoms with van der Waals surface area (Å²) < 4.78 is 0. The first-order chi connectivity index (χ1) is 6.21. The fraction of sp³-hybridized carbons (Fsp3) is 1.00. The Hall–Kier alpha value is -0.0800. The first kappa shape index (κ1) is 13.9. The van der Waals surface area contributed by atoms with E-state index in [2.05, 4.69) is 65.4 Å². The fourth-order valence-corrected chi connectivity index (χ4v) is 1.72. The van der Waals surface area contributed by atoms with Gasteiger partial charge in [-0.05, 0) is 54.9 Å². The molecule has 0 radical (unpaired) electrons. The molecule has 0 spiro atoms. The molecule has 0 unspecified atom stereocenters. The van der Waals surface area contributed by atoms with Gasteiger partial charge in [-0.1, -0.05) is 13.8 Å². The number of likely N-dealkylation sites (N-methyl/N-ethyl adjacent to an activating group) is 2. The molecular weight excluding hydrogens is 172 g/mol. The summed E-state index contributed by atoms with van der Waals surface area (Å²) in [5, 5.41) is 0. The third-order valence-electron chi connectivity index (χ3n) is 4.35. The standard InChI is InChI=1S/C12H28N2/c1-9-13(7)11(3,4)12(5,6)14(8)10-2/h9-10H2,1-8H3. The van der Waals surface area contributed by atoms with Crippen molar-refractivity contribution in [2.45, 2.75) is 52.6 Å². The second-order valence-corrected chi connectivity index (χ2v) is 5.15. The van der Waals surface area contributed by atoms with Gasteiger partial charge < -0.3 is 0 Å². The van der Waals surface area contributed by atoms with Crippen LogP contribution in [0.3, 0.4) is 0 Å². The minimum absolute atomic E-state index is 0.187. The lowest BCUT2D eigenvalue weighted by Gasteiger charge is -2.52. The Bertz CT molecular complexity index is 153. The summed E-state index contributed by atoms with van der Waals surface area (Å²) in [5.74, 6) is 0. The van der Waals surface area contributed by atoms with Crippen LogP contribution in [-0.2, 0) is 0 Å². The number of hydrogen-bond acceptors (Lipinski definition) is 2. The summed E-state index contributed by atoms with van der Waals surface area (Å²) in [6, 6.07) is 0. The van der Waals surface area contributed by atoms with E-state index in [1.165, 1.54) is 0 Å². The third-order valence-corrected chi connectivity index (χ3v) is 4.35. The lowest BCUT2D eigenvalue weighted by atomic mass is 9.80. The Labute approximate surface area is 90.3 Å². The normalized spacial score (nSPS) is 14.1. The van der Waals surface area contributed by atoms with Crippen LogP contribution < -0.4 is 0 Å². The summed E-state index contributed by atoms with van der Waals surface area (Å²) in [5.41, 5.74) is 0.374. The van der Waals surface area contributed by atoms with E-state index in [1.807, 2.05) is 0 Å². The van der Waals surface area contributed by atoms with Crippen molar-refractivity contribution in [1.29, 1.82) is 0 Å². The van der Waals surface area contributed by atoms with Crippen LogP contribution in [-0.4, -0.2) is 48.1 Å². The monoisotopic (exact) mass is 200 g/mol. The van der Waals surface area contributed by atoms with Crippen molar-refractivity contribution in [3.8, 4) is 0 Å². The Morgan fingerprint density at radius 1 is 0.714 bits per heavy atom. The number of nitrogens with zero attached hydrogens (tertiary/aromatic N) is 2. The zero-order valence-corrected chi connectivity index (χ0v) is 11.3. The van der Waals surface area contributed by atoms with E-state index >= 15 is 0 Å². The SMILES string of the molecule is CCN(C)C(C)(C)C(C)(C)N(C)CC. The highest BCUT2D eigenvalue weighted by molar-refractivity contribution is 5.00. The van der Waals surface area contributed by atoms with Gasteiger partial charge in [0.2, 0.25) is 0 Å². The molecule has 0 atom stereocenters. The molecule has 2 heteroatoms. The molecule has 0 aromatic heterocycles. The molecule has 0 saturated carbocycles. The second-order valence-electron chi connectivity index (χ2n) is 5.15. The minimum atomic E-state index is 0.187. The Morgan fingerprint density at radius 2 is 0.929 bits per heavy atom. The molecule has 0 aliphatic carbocycles. The van der Waals surface area contributed by atoms with Crippen molar-refractivity contribution >= 4 is 0 Å². The lowest BCUT2D eigenvalue weighted by Crippen LogP contribution is -2.63. The van der Waals surface area contributed by atoms with Gasteiger partial charge in [0.1, 0.15) is 0 Å². The number of rotatable bonds is 5. The van der Waals surface area contributed by atoms with Crippen LogP contribution in [0, 0.1) is 0 Å². The van der Waals surface area contributed by atoms with Crippen molar-refractivity contribution in [2.75, 3.05) is 27.2 Å². The summed E-state index contributed by atoms with van der Waals surface area (Å²) in [6.07, 6.45) is 0. The fourth-order valence-electron chi connectivity index (χ4n) is 1.72. The summed E-state index contributed by atoms with van der Waals surface area (Å²) in [6.45, 7) is 15.9. The molecule has 0 heterocycles. The molecule has 0 fully saturated rings. The maximum atomic E-state index is 2.42. The van der Waals surface area contributed by atoms with E-state index in [1.54, 1.807) is 0 Å². The quantitative estimate of drug-likeness (QED) is 0.672. The molecule has 14 heavy (non-hydrogen) atoms. The molecule has 0 amide bonds. The van der Waals surface area contributed by atoms with Gasteiger partial charge in [0.15, 0.2) is 0 Å². The maximum Gasteiger partial charge on any atom is 0.0328 e. The Balaban J connectivity index is 4.85. The molecule has 0 bridgehead atoms. The van der Waals surface area contributed by atoms with Crippen molar-refractivity contribution < 1.29 is 0 Å². The van der Waals surface area contributed by atoms with Crippen molar-refractivity contribution in [1.82, 2.24) is 9.80 Å². The summed E-state index contributed by atoms with van der Waals surface area (Å²) in [7, 11) is 4.40. The Morgan fingerprint density at radius 3 is 1.07 bits per heavy atom. The molecule has 0 aliphatic rings. The first-order valence-electron chi connectivity index (χ1n) is 5.64. The van der Waals surface area contributed by atoms with Crippen LogP contribution in [0.25, 0.3) is 0 Å². The van der Waals surface area contributed by atoms with Crippen LogP contribution >= 0.6 is 0 Å². The predicted molar refractivity (Wildman–Crippen MR) is 64.8 cm³/mol. The van der Waals surface area contributed by atoms with E-state index in [0.29, 0.717) is 0 Å².